The average molecular weight is 149 g/mol. The van der Waals surface area contributed by atoms with E-state index in [0.717, 1.165) is 0 Å². The second-order valence-electron chi connectivity index (χ2n) is 1.71. The van der Waals surface area contributed by atoms with E-state index in [1.54, 1.807) is 0 Å². The smallest absolute Gasteiger partial charge is 0.324 e. The second-order valence-corrected chi connectivity index (χ2v) is 3.41. The molecular weight excluding hydrogens is 139 g/mol. The van der Waals surface area contributed by atoms with Crippen molar-refractivity contribution in [2.24, 2.45) is 0 Å². The van der Waals surface area contributed by atoms with Crippen LogP contribution in [0.1, 0.15) is 12.8 Å². The van der Waals surface area contributed by atoms with Crippen LogP contribution in [0.2, 0.25) is 0 Å². The van der Waals surface area contributed by atoms with Crippen molar-refractivity contribution in [2.75, 3.05) is 6.16 Å². The first kappa shape index (κ1) is 9.15. The quantitative estimate of drug-likeness (QED) is 0.460. The van der Waals surface area contributed by atoms with E-state index in [9.17, 15) is 4.57 Å². The number of hydrogen-bond acceptors (Lipinski definition) is 1. The lowest BCUT2D eigenvalue weighted by Gasteiger charge is -1.99. The molecule has 0 unspecified atom stereocenters. The van der Waals surface area contributed by atoms with Gasteiger partial charge in [-0.1, -0.05) is 0 Å². The Morgan fingerprint density at radius 1 is 1.56 bits per heavy atom. The van der Waals surface area contributed by atoms with E-state index in [1.165, 1.54) is 6.42 Å². The predicted octanol–water partition coefficient (Wildman–Crippen LogP) is 0.860. The highest BCUT2D eigenvalue weighted by atomic mass is 31.2. The fourth-order valence-corrected chi connectivity index (χ4v) is 0.896. The Hall–Kier alpha value is 0.150. The van der Waals surface area contributed by atoms with Crippen LogP contribution < -0.4 is 0 Å². The molecule has 0 heterocycles. The lowest BCUT2D eigenvalue weighted by molar-refractivity contribution is 0.375. The van der Waals surface area contributed by atoms with Gasteiger partial charge >= 0.3 is 7.60 Å². The first-order valence-corrected chi connectivity index (χ1v) is 4.42. The summed E-state index contributed by atoms with van der Waals surface area (Å²) in [4.78, 5) is 16.6. The SMILES string of the molecule is [CH]CC[CH]CP(=O)(O)O. The lowest BCUT2D eigenvalue weighted by Crippen LogP contribution is -1.87. The van der Waals surface area contributed by atoms with Gasteiger partial charge in [0, 0.05) is 0 Å². The third-order valence-electron chi connectivity index (χ3n) is 0.738. The van der Waals surface area contributed by atoms with E-state index >= 15 is 0 Å². The second kappa shape index (κ2) is 4.04. The van der Waals surface area contributed by atoms with Gasteiger partial charge in [-0.15, -0.1) is 0 Å². The normalized spacial score (nSPS) is 11.9. The number of unbranched alkanes of at least 4 members (excludes halogenated alkanes) is 2. The lowest BCUT2D eigenvalue weighted by atomic mass is 10.3. The summed E-state index contributed by atoms with van der Waals surface area (Å²) >= 11 is 0. The molecule has 9 heavy (non-hydrogen) atoms. The van der Waals surface area contributed by atoms with Crippen molar-refractivity contribution >= 4 is 7.60 Å². The predicted molar refractivity (Wildman–Crippen MR) is 34.7 cm³/mol. The van der Waals surface area contributed by atoms with Crippen molar-refractivity contribution in [3.63, 3.8) is 0 Å². The minimum absolute atomic E-state index is 0.163. The van der Waals surface area contributed by atoms with Crippen molar-refractivity contribution in [2.45, 2.75) is 12.8 Å². The summed E-state index contributed by atoms with van der Waals surface area (Å²) < 4.78 is 10.1. The van der Waals surface area contributed by atoms with Gasteiger partial charge in [-0.2, -0.15) is 0 Å². The van der Waals surface area contributed by atoms with Crippen LogP contribution in [0.15, 0.2) is 0 Å². The molecule has 3 radical (unpaired) electrons. The monoisotopic (exact) mass is 149 g/mol. The van der Waals surface area contributed by atoms with E-state index in [2.05, 4.69) is 0 Å². The third-order valence-corrected chi connectivity index (χ3v) is 1.47. The fourth-order valence-electron chi connectivity index (χ4n) is 0.377. The molecule has 0 rings (SSSR count). The van der Waals surface area contributed by atoms with Gasteiger partial charge in [-0.25, -0.2) is 0 Å². The van der Waals surface area contributed by atoms with Crippen molar-refractivity contribution in [1.82, 2.24) is 0 Å². The molecule has 0 atom stereocenters. The maximum Gasteiger partial charge on any atom is 0.325 e. The van der Waals surface area contributed by atoms with E-state index in [4.69, 9.17) is 16.7 Å². The highest BCUT2D eigenvalue weighted by Gasteiger charge is 2.10. The van der Waals surface area contributed by atoms with Gasteiger partial charge in [0.2, 0.25) is 0 Å². The summed E-state index contributed by atoms with van der Waals surface area (Å²) in [6.07, 6.45) is 2.34. The summed E-state index contributed by atoms with van der Waals surface area (Å²) in [7, 11) is -3.81. The molecule has 0 aliphatic rings. The standard InChI is InChI=1S/C5H10O3P/c1-2-3-4-5-9(6,7)8/h1,4H,2-3,5H2,(H2,6,7,8). The Morgan fingerprint density at radius 2 is 2.11 bits per heavy atom. The molecule has 0 amide bonds. The molecule has 0 aromatic heterocycles. The zero-order valence-corrected chi connectivity index (χ0v) is 5.92. The molecular formula is C5H10O3P. The summed E-state index contributed by atoms with van der Waals surface area (Å²) in [6.45, 7) is 5.07. The fraction of sp³-hybridized carbons (Fsp3) is 0.600. The minimum Gasteiger partial charge on any atom is -0.324 e. The van der Waals surface area contributed by atoms with Crippen molar-refractivity contribution in [3.05, 3.63) is 13.3 Å². The van der Waals surface area contributed by atoms with E-state index in [1.807, 2.05) is 0 Å². The van der Waals surface area contributed by atoms with Gasteiger partial charge in [0.1, 0.15) is 0 Å². The zero-order chi connectivity index (χ0) is 7.33. The molecule has 0 saturated heterocycles. The zero-order valence-electron chi connectivity index (χ0n) is 5.03. The summed E-state index contributed by atoms with van der Waals surface area (Å²) in [6, 6.07) is 0. The molecule has 4 heteroatoms. The Balaban J connectivity index is 3.18. The first-order valence-electron chi connectivity index (χ1n) is 2.62. The van der Waals surface area contributed by atoms with Crippen LogP contribution in [-0.4, -0.2) is 15.9 Å². The topological polar surface area (TPSA) is 57.5 Å². The van der Waals surface area contributed by atoms with Gasteiger partial charge in [-0.3, -0.25) is 4.57 Å². The van der Waals surface area contributed by atoms with Crippen molar-refractivity contribution in [1.29, 1.82) is 0 Å². The molecule has 0 aliphatic carbocycles. The molecule has 0 aromatic rings. The third kappa shape index (κ3) is 8.15. The summed E-state index contributed by atoms with van der Waals surface area (Å²) in [5, 5.41) is 0. The van der Waals surface area contributed by atoms with Gasteiger partial charge < -0.3 is 9.79 Å². The first-order chi connectivity index (χ1) is 4.06. The van der Waals surface area contributed by atoms with Gasteiger partial charge in [0.05, 0.1) is 6.16 Å². The molecule has 53 valence electrons. The summed E-state index contributed by atoms with van der Waals surface area (Å²) in [5.41, 5.74) is 0. The molecule has 0 bridgehead atoms. The Bertz CT molecular complexity index is 107. The molecule has 3 nitrogen and oxygen atoms in total. The molecule has 0 aliphatic heterocycles. The van der Waals surface area contributed by atoms with Crippen LogP contribution in [-0.2, 0) is 4.57 Å². The molecule has 0 saturated carbocycles. The number of hydrogen-bond donors (Lipinski definition) is 2. The molecule has 0 spiro atoms. The Labute approximate surface area is 55.3 Å². The van der Waals surface area contributed by atoms with Crippen LogP contribution in [0.5, 0.6) is 0 Å². The van der Waals surface area contributed by atoms with E-state index < -0.39 is 7.60 Å². The van der Waals surface area contributed by atoms with Gasteiger partial charge in [0.25, 0.3) is 0 Å². The molecule has 2 N–H and O–H groups in total. The van der Waals surface area contributed by atoms with Crippen LogP contribution in [0.4, 0.5) is 0 Å². The van der Waals surface area contributed by atoms with Crippen LogP contribution in [0.3, 0.4) is 0 Å². The number of rotatable bonds is 4. The molecule has 0 fully saturated rings. The Kier molecular flexibility index (Phi) is 4.11. The van der Waals surface area contributed by atoms with Crippen LogP contribution in [0.25, 0.3) is 0 Å². The van der Waals surface area contributed by atoms with Crippen LogP contribution in [0, 0.1) is 13.3 Å². The average Bonchev–Trinajstić information content (AvgIpc) is 1.63. The van der Waals surface area contributed by atoms with E-state index in [0.29, 0.717) is 12.8 Å². The van der Waals surface area contributed by atoms with E-state index in [-0.39, 0.29) is 6.16 Å². The minimum atomic E-state index is -3.81. The summed E-state index contributed by atoms with van der Waals surface area (Å²) in [5.74, 6) is 0. The van der Waals surface area contributed by atoms with Gasteiger partial charge in [-0.05, 0) is 26.2 Å². The van der Waals surface area contributed by atoms with Crippen LogP contribution >= 0.6 is 7.60 Å². The largest absolute Gasteiger partial charge is 0.325 e. The molecule has 0 aromatic carbocycles. The highest BCUT2D eigenvalue weighted by Crippen LogP contribution is 2.34. The van der Waals surface area contributed by atoms with Crippen molar-refractivity contribution < 1.29 is 14.4 Å². The maximum atomic E-state index is 10.1. The Morgan fingerprint density at radius 3 is 2.44 bits per heavy atom. The maximum absolute atomic E-state index is 10.1. The van der Waals surface area contributed by atoms with Gasteiger partial charge in [0.15, 0.2) is 0 Å². The van der Waals surface area contributed by atoms with Crippen molar-refractivity contribution in [3.8, 4) is 0 Å². The highest BCUT2D eigenvalue weighted by molar-refractivity contribution is 7.51.